The van der Waals surface area contributed by atoms with Crippen molar-refractivity contribution >= 4 is 44.9 Å². The molecule has 0 spiro atoms. The molecule has 38 heavy (non-hydrogen) atoms. The summed E-state index contributed by atoms with van der Waals surface area (Å²) >= 11 is 2.99. The number of benzene rings is 2. The van der Waals surface area contributed by atoms with E-state index in [4.69, 9.17) is 9.40 Å². The number of aromatic nitrogens is 5. The van der Waals surface area contributed by atoms with E-state index in [-0.39, 0.29) is 11.7 Å². The molecule has 4 heterocycles. The summed E-state index contributed by atoms with van der Waals surface area (Å²) in [4.78, 5) is 21.7. The van der Waals surface area contributed by atoms with Crippen LogP contribution in [-0.4, -0.2) is 36.4 Å². The monoisotopic (exact) mass is 538 g/mol. The van der Waals surface area contributed by atoms with Gasteiger partial charge in [-0.3, -0.25) is 14.3 Å². The molecule has 0 radical (unpaired) electrons. The highest BCUT2D eigenvalue weighted by molar-refractivity contribution is 7.99. The highest BCUT2D eigenvalue weighted by Crippen LogP contribution is 2.31. The Hall–Kier alpha value is -4.28. The third kappa shape index (κ3) is 5.22. The lowest BCUT2D eigenvalue weighted by Crippen LogP contribution is -2.14. The average Bonchev–Trinajstić information content (AvgIpc) is 3.69. The van der Waals surface area contributed by atoms with Gasteiger partial charge in [0.1, 0.15) is 10.8 Å². The topological polar surface area (TPSA) is 98.7 Å². The first-order valence-corrected chi connectivity index (χ1v) is 13.7. The number of pyridine rings is 1. The number of furan rings is 1. The Bertz CT molecular complexity index is 1690. The van der Waals surface area contributed by atoms with Crippen LogP contribution in [0.3, 0.4) is 0 Å². The molecule has 0 saturated carbocycles. The summed E-state index contributed by atoms with van der Waals surface area (Å²) in [6.45, 7) is 2.53. The Morgan fingerprint density at radius 2 is 1.95 bits per heavy atom. The number of rotatable bonds is 8. The van der Waals surface area contributed by atoms with Gasteiger partial charge in [0.15, 0.2) is 11.0 Å². The molecule has 0 unspecified atom stereocenters. The van der Waals surface area contributed by atoms with Gasteiger partial charge >= 0.3 is 0 Å². The summed E-state index contributed by atoms with van der Waals surface area (Å²) in [6.07, 6.45) is 5.08. The number of hydrogen-bond donors (Lipinski definition) is 1. The summed E-state index contributed by atoms with van der Waals surface area (Å²) in [5, 5.41) is 13.2. The fourth-order valence-electron chi connectivity index (χ4n) is 3.98. The number of carbonyl (C=O) groups excluding carboxylic acids is 1. The first-order chi connectivity index (χ1) is 18.6. The van der Waals surface area contributed by atoms with E-state index in [0.717, 1.165) is 33.1 Å². The number of aryl methyl sites for hydroxylation is 1. The van der Waals surface area contributed by atoms with Crippen molar-refractivity contribution in [2.24, 2.45) is 0 Å². The normalized spacial score (nSPS) is 11.2. The van der Waals surface area contributed by atoms with E-state index in [9.17, 15) is 4.79 Å². The number of thiazole rings is 1. The van der Waals surface area contributed by atoms with Gasteiger partial charge in [-0.2, -0.15) is 0 Å². The molecule has 188 valence electrons. The van der Waals surface area contributed by atoms with Gasteiger partial charge < -0.3 is 9.73 Å². The molecule has 1 amide bonds. The molecule has 2 aromatic carbocycles. The number of nitrogens with zero attached hydrogens (tertiary/aromatic N) is 5. The minimum atomic E-state index is -0.131. The first-order valence-electron chi connectivity index (χ1n) is 11.9. The number of fused-ring (bicyclic) bond motifs is 1. The Labute approximate surface area is 226 Å². The summed E-state index contributed by atoms with van der Waals surface area (Å²) in [7, 11) is 0. The van der Waals surface area contributed by atoms with Crippen LogP contribution in [0.4, 0.5) is 5.69 Å². The molecule has 8 nitrogen and oxygen atoms in total. The van der Waals surface area contributed by atoms with Crippen LogP contribution in [0.5, 0.6) is 0 Å². The van der Waals surface area contributed by atoms with E-state index in [1.54, 1.807) is 30.0 Å². The second-order valence-electron chi connectivity index (χ2n) is 8.62. The number of hydrogen-bond acceptors (Lipinski definition) is 8. The van der Waals surface area contributed by atoms with Crippen LogP contribution in [0, 0.1) is 6.92 Å². The van der Waals surface area contributed by atoms with Gasteiger partial charge in [-0.15, -0.1) is 21.5 Å². The van der Waals surface area contributed by atoms with Gasteiger partial charge in [0.05, 0.1) is 28.8 Å². The zero-order valence-electron chi connectivity index (χ0n) is 20.4. The largest absolute Gasteiger partial charge is 0.467 e. The summed E-state index contributed by atoms with van der Waals surface area (Å²) < 4.78 is 8.64. The van der Waals surface area contributed by atoms with Crippen molar-refractivity contribution < 1.29 is 9.21 Å². The van der Waals surface area contributed by atoms with Crippen LogP contribution in [0.25, 0.3) is 32.2 Å². The standard InChI is InChI=1S/C28H22N6O2S2/c1-18-6-11-23-24(14-18)38-27(31-23)19-7-9-21(10-8-19)30-25(35)17-37-28-33-32-26(20-4-2-12-29-15-20)34(28)16-22-5-3-13-36-22/h2-15H,16-17H2,1H3,(H,30,35). The zero-order valence-corrected chi connectivity index (χ0v) is 22.0. The van der Waals surface area contributed by atoms with Crippen molar-refractivity contribution in [3.63, 3.8) is 0 Å². The van der Waals surface area contributed by atoms with Crippen LogP contribution < -0.4 is 5.32 Å². The Kier molecular flexibility index (Phi) is 6.72. The van der Waals surface area contributed by atoms with Crippen molar-refractivity contribution in [3.8, 4) is 22.0 Å². The molecule has 0 aliphatic rings. The molecular weight excluding hydrogens is 516 g/mol. The molecule has 10 heteroatoms. The van der Waals surface area contributed by atoms with Gasteiger partial charge in [0, 0.05) is 29.2 Å². The molecule has 0 bridgehead atoms. The molecule has 6 aromatic rings. The van der Waals surface area contributed by atoms with Crippen molar-refractivity contribution in [2.45, 2.75) is 18.6 Å². The second kappa shape index (κ2) is 10.6. The zero-order chi connectivity index (χ0) is 25.9. The molecule has 0 aliphatic carbocycles. The molecule has 0 fully saturated rings. The minimum absolute atomic E-state index is 0.131. The van der Waals surface area contributed by atoms with Crippen molar-refractivity contribution in [3.05, 3.63) is 96.7 Å². The highest BCUT2D eigenvalue weighted by atomic mass is 32.2. The smallest absolute Gasteiger partial charge is 0.234 e. The predicted octanol–water partition coefficient (Wildman–Crippen LogP) is 6.30. The van der Waals surface area contributed by atoms with Crippen LogP contribution >= 0.6 is 23.1 Å². The fourth-order valence-corrected chi connectivity index (χ4v) is 5.79. The third-order valence-electron chi connectivity index (χ3n) is 5.82. The van der Waals surface area contributed by atoms with Crippen LogP contribution in [0.2, 0.25) is 0 Å². The molecule has 0 aliphatic heterocycles. The van der Waals surface area contributed by atoms with Gasteiger partial charge in [0.25, 0.3) is 0 Å². The Morgan fingerprint density at radius 3 is 2.74 bits per heavy atom. The quantitative estimate of drug-likeness (QED) is 0.227. The highest BCUT2D eigenvalue weighted by Gasteiger charge is 2.17. The maximum absolute atomic E-state index is 12.8. The maximum atomic E-state index is 12.8. The van der Waals surface area contributed by atoms with E-state index >= 15 is 0 Å². The van der Waals surface area contributed by atoms with Crippen molar-refractivity contribution in [2.75, 3.05) is 11.1 Å². The SMILES string of the molecule is Cc1ccc2nc(-c3ccc(NC(=O)CSc4nnc(-c5cccnc5)n4Cc4ccco4)cc3)sc2c1. The van der Waals surface area contributed by atoms with Gasteiger partial charge in [-0.25, -0.2) is 4.98 Å². The molecule has 0 saturated heterocycles. The van der Waals surface area contributed by atoms with Crippen molar-refractivity contribution in [1.82, 2.24) is 24.7 Å². The lowest BCUT2D eigenvalue weighted by Gasteiger charge is -2.09. The maximum Gasteiger partial charge on any atom is 0.234 e. The van der Waals surface area contributed by atoms with E-state index in [1.165, 1.54) is 22.0 Å². The lowest BCUT2D eigenvalue weighted by molar-refractivity contribution is -0.113. The van der Waals surface area contributed by atoms with E-state index < -0.39 is 0 Å². The summed E-state index contributed by atoms with van der Waals surface area (Å²) in [5.74, 6) is 1.48. The van der Waals surface area contributed by atoms with Crippen LogP contribution in [0.15, 0.2) is 95.0 Å². The van der Waals surface area contributed by atoms with E-state index in [1.807, 2.05) is 59.2 Å². The average molecular weight is 539 g/mol. The van der Waals surface area contributed by atoms with E-state index in [0.29, 0.717) is 17.5 Å². The summed E-state index contributed by atoms with van der Waals surface area (Å²) in [6, 6.07) is 21.5. The van der Waals surface area contributed by atoms with Gasteiger partial charge in [-0.05, 0) is 73.2 Å². The first kappa shape index (κ1) is 24.1. The number of nitrogens with one attached hydrogen (secondary N) is 1. The molecule has 4 aromatic heterocycles. The van der Waals surface area contributed by atoms with E-state index in [2.05, 4.69) is 39.6 Å². The Balaban J connectivity index is 1.13. The molecule has 0 atom stereocenters. The lowest BCUT2D eigenvalue weighted by atomic mass is 10.2. The van der Waals surface area contributed by atoms with Crippen LogP contribution in [-0.2, 0) is 11.3 Å². The number of anilines is 1. The fraction of sp³-hybridized carbons (Fsp3) is 0.107. The molecule has 1 N–H and O–H groups in total. The van der Waals surface area contributed by atoms with Gasteiger partial charge in [0.2, 0.25) is 5.91 Å². The predicted molar refractivity (Wildman–Crippen MR) is 150 cm³/mol. The van der Waals surface area contributed by atoms with Crippen molar-refractivity contribution in [1.29, 1.82) is 0 Å². The van der Waals surface area contributed by atoms with Gasteiger partial charge in [-0.1, -0.05) is 17.8 Å². The summed E-state index contributed by atoms with van der Waals surface area (Å²) in [5.41, 5.74) is 4.80. The second-order valence-corrected chi connectivity index (χ2v) is 10.6. The third-order valence-corrected chi connectivity index (χ3v) is 7.86. The number of amides is 1. The molecule has 6 rings (SSSR count). The minimum Gasteiger partial charge on any atom is -0.467 e. The Morgan fingerprint density at radius 1 is 1.05 bits per heavy atom. The number of carbonyl (C=O) groups is 1. The molecular formula is C28H22N6O2S2. The van der Waals surface area contributed by atoms with Crippen LogP contribution in [0.1, 0.15) is 11.3 Å². The number of thioether (sulfide) groups is 1.